The Hall–Kier alpha value is -1.06. The van der Waals surface area contributed by atoms with Crippen LogP contribution < -0.4 is 0 Å². The molecule has 5 fully saturated rings. The van der Waals surface area contributed by atoms with Gasteiger partial charge < -0.3 is 10.0 Å². The second kappa shape index (κ2) is 4.52. The third-order valence-corrected chi connectivity index (χ3v) is 7.30. The van der Waals surface area contributed by atoms with E-state index in [1.807, 2.05) is 11.8 Å². The van der Waals surface area contributed by atoms with Gasteiger partial charge in [-0.15, -0.1) is 0 Å². The van der Waals surface area contributed by atoms with Gasteiger partial charge in [0.15, 0.2) is 0 Å². The number of carboxylic acid groups (broad SMARTS) is 1. The zero-order valence-corrected chi connectivity index (χ0v) is 14.6. The zero-order valence-electron chi connectivity index (χ0n) is 14.6. The monoisotopic (exact) mass is 319 g/mol. The molecule has 1 aliphatic heterocycles. The smallest absolute Gasteiger partial charge is 0.308 e. The Balaban J connectivity index is 1.60. The van der Waals surface area contributed by atoms with Gasteiger partial charge >= 0.3 is 5.97 Å². The summed E-state index contributed by atoms with van der Waals surface area (Å²) < 4.78 is 0. The summed E-state index contributed by atoms with van der Waals surface area (Å²) in [5.74, 6) is -0.108. The molecular weight excluding hydrogens is 290 g/mol. The van der Waals surface area contributed by atoms with Crippen LogP contribution in [-0.2, 0) is 9.59 Å². The maximum Gasteiger partial charge on any atom is 0.308 e. The topological polar surface area (TPSA) is 57.6 Å². The molecule has 0 aromatic carbocycles. The van der Waals surface area contributed by atoms with Crippen molar-refractivity contribution in [3.63, 3.8) is 0 Å². The van der Waals surface area contributed by atoms with Crippen LogP contribution in [0.5, 0.6) is 0 Å². The summed E-state index contributed by atoms with van der Waals surface area (Å²) in [6.07, 6.45) is 6.91. The number of carbonyl (C=O) groups is 2. The van der Waals surface area contributed by atoms with Crippen molar-refractivity contribution in [3.05, 3.63) is 0 Å². The van der Waals surface area contributed by atoms with E-state index in [4.69, 9.17) is 0 Å². The average molecular weight is 319 g/mol. The Bertz CT molecular complexity index is 553. The number of aliphatic carboxylic acids is 1. The molecule has 4 atom stereocenters. The SMILES string of the molecule is C[C@@H]1CN(C(=O)C23CC4CC(C)(CC(C)(C4)C2)C3)C[C@H]1C(=O)O. The Morgan fingerprint density at radius 3 is 2.09 bits per heavy atom. The summed E-state index contributed by atoms with van der Waals surface area (Å²) in [6.45, 7) is 7.76. The summed E-state index contributed by atoms with van der Waals surface area (Å²) >= 11 is 0. The van der Waals surface area contributed by atoms with Crippen LogP contribution in [0, 0.1) is 34.0 Å². The quantitative estimate of drug-likeness (QED) is 0.850. The predicted molar refractivity (Wildman–Crippen MR) is 86.7 cm³/mol. The summed E-state index contributed by atoms with van der Waals surface area (Å²) in [6, 6.07) is 0. The summed E-state index contributed by atoms with van der Waals surface area (Å²) in [7, 11) is 0. The molecule has 0 spiro atoms. The van der Waals surface area contributed by atoms with E-state index < -0.39 is 5.97 Å². The molecule has 1 N–H and O–H groups in total. The van der Waals surface area contributed by atoms with Crippen LogP contribution in [0.15, 0.2) is 0 Å². The van der Waals surface area contributed by atoms with Gasteiger partial charge in [-0.1, -0.05) is 20.8 Å². The van der Waals surface area contributed by atoms with Gasteiger partial charge in [0.2, 0.25) is 5.91 Å². The first-order valence-corrected chi connectivity index (χ1v) is 9.16. The number of nitrogens with zero attached hydrogens (tertiary/aromatic N) is 1. The highest BCUT2D eigenvalue weighted by Crippen LogP contribution is 2.70. The minimum atomic E-state index is -0.753. The number of amides is 1. The fourth-order valence-corrected chi connectivity index (χ4v) is 7.48. The largest absolute Gasteiger partial charge is 0.481 e. The number of hydrogen-bond acceptors (Lipinski definition) is 2. The Morgan fingerprint density at radius 2 is 1.61 bits per heavy atom. The fraction of sp³-hybridized carbons (Fsp3) is 0.895. The molecule has 1 saturated heterocycles. The third kappa shape index (κ3) is 2.24. The number of carboxylic acids is 1. The molecule has 23 heavy (non-hydrogen) atoms. The van der Waals surface area contributed by atoms with Gasteiger partial charge in [0, 0.05) is 13.1 Å². The zero-order chi connectivity index (χ0) is 16.6. The molecule has 4 nitrogen and oxygen atoms in total. The third-order valence-electron chi connectivity index (χ3n) is 7.30. The molecule has 5 aliphatic rings. The molecule has 0 aromatic rings. The maximum atomic E-state index is 13.4. The lowest BCUT2D eigenvalue weighted by Gasteiger charge is -2.65. The highest BCUT2D eigenvalue weighted by atomic mass is 16.4. The maximum absolute atomic E-state index is 13.4. The second-order valence-corrected chi connectivity index (χ2v) is 10.0. The van der Waals surface area contributed by atoms with Crippen molar-refractivity contribution in [2.75, 3.05) is 13.1 Å². The van der Waals surface area contributed by atoms with E-state index in [0.29, 0.717) is 29.8 Å². The number of rotatable bonds is 2. The van der Waals surface area contributed by atoms with Gasteiger partial charge in [-0.2, -0.15) is 0 Å². The van der Waals surface area contributed by atoms with Gasteiger partial charge in [0.05, 0.1) is 11.3 Å². The van der Waals surface area contributed by atoms with Crippen molar-refractivity contribution in [1.82, 2.24) is 4.90 Å². The lowest BCUT2D eigenvalue weighted by molar-refractivity contribution is -0.178. The van der Waals surface area contributed by atoms with Gasteiger partial charge in [-0.05, 0) is 61.2 Å². The lowest BCUT2D eigenvalue weighted by atomic mass is 9.40. The van der Waals surface area contributed by atoms with Crippen molar-refractivity contribution < 1.29 is 14.7 Å². The van der Waals surface area contributed by atoms with Crippen LogP contribution in [-0.4, -0.2) is 35.0 Å². The van der Waals surface area contributed by atoms with Crippen LogP contribution in [0.2, 0.25) is 0 Å². The van der Waals surface area contributed by atoms with Gasteiger partial charge in [-0.3, -0.25) is 9.59 Å². The first-order valence-electron chi connectivity index (χ1n) is 9.16. The minimum absolute atomic E-state index is 0.0662. The lowest BCUT2D eigenvalue weighted by Crippen LogP contribution is -2.60. The van der Waals surface area contributed by atoms with Crippen LogP contribution in [0.3, 0.4) is 0 Å². The Kier molecular flexibility index (Phi) is 3.04. The van der Waals surface area contributed by atoms with E-state index in [-0.39, 0.29) is 23.2 Å². The molecule has 1 heterocycles. The van der Waals surface area contributed by atoms with Crippen LogP contribution >= 0.6 is 0 Å². The Labute approximate surface area is 138 Å². The van der Waals surface area contributed by atoms with Crippen LogP contribution in [0.1, 0.15) is 59.3 Å². The van der Waals surface area contributed by atoms with E-state index in [1.54, 1.807) is 0 Å². The van der Waals surface area contributed by atoms with Crippen molar-refractivity contribution >= 4 is 11.9 Å². The predicted octanol–water partition coefficient (Wildman–Crippen LogP) is 3.16. The minimum Gasteiger partial charge on any atom is -0.481 e. The van der Waals surface area contributed by atoms with Gasteiger partial charge in [0.1, 0.15) is 0 Å². The molecule has 2 unspecified atom stereocenters. The van der Waals surface area contributed by atoms with Crippen molar-refractivity contribution in [2.45, 2.75) is 59.3 Å². The van der Waals surface area contributed by atoms with E-state index >= 15 is 0 Å². The van der Waals surface area contributed by atoms with E-state index in [2.05, 4.69) is 13.8 Å². The molecule has 5 rings (SSSR count). The van der Waals surface area contributed by atoms with Gasteiger partial charge in [0.25, 0.3) is 0 Å². The molecule has 4 saturated carbocycles. The molecule has 128 valence electrons. The first kappa shape index (κ1) is 15.5. The van der Waals surface area contributed by atoms with Crippen molar-refractivity contribution in [3.8, 4) is 0 Å². The molecule has 4 bridgehead atoms. The average Bonchev–Trinajstić information content (AvgIpc) is 2.75. The number of likely N-dealkylation sites (tertiary alicyclic amines) is 1. The van der Waals surface area contributed by atoms with E-state index in [1.165, 1.54) is 19.3 Å². The molecule has 4 heteroatoms. The summed E-state index contributed by atoms with van der Waals surface area (Å²) in [5, 5.41) is 9.36. The van der Waals surface area contributed by atoms with E-state index in [9.17, 15) is 14.7 Å². The molecule has 0 radical (unpaired) electrons. The second-order valence-electron chi connectivity index (χ2n) is 10.0. The van der Waals surface area contributed by atoms with Crippen LogP contribution in [0.4, 0.5) is 0 Å². The summed E-state index contributed by atoms with van der Waals surface area (Å²) in [5.41, 5.74) is 0.443. The first-order chi connectivity index (χ1) is 10.6. The van der Waals surface area contributed by atoms with Gasteiger partial charge in [-0.25, -0.2) is 0 Å². The highest BCUT2D eigenvalue weighted by molar-refractivity contribution is 5.85. The molecular formula is C19H29NO3. The fourth-order valence-electron chi connectivity index (χ4n) is 7.48. The van der Waals surface area contributed by atoms with Crippen LogP contribution in [0.25, 0.3) is 0 Å². The normalized spacial score (nSPS) is 51.3. The van der Waals surface area contributed by atoms with Crippen molar-refractivity contribution in [2.24, 2.45) is 34.0 Å². The number of carbonyl (C=O) groups excluding carboxylic acids is 1. The highest BCUT2D eigenvalue weighted by Gasteiger charge is 2.63. The summed E-state index contributed by atoms with van der Waals surface area (Å²) in [4.78, 5) is 26.7. The molecule has 4 aliphatic carbocycles. The number of hydrogen-bond donors (Lipinski definition) is 1. The molecule has 0 aromatic heterocycles. The van der Waals surface area contributed by atoms with E-state index in [0.717, 1.165) is 19.3 Å². The standard InChI is InChI=1S/C19H29NO3/c1-12-7-20(8-14(12)15(21)22)16(23)19-6-13-4-17(2,10-19)9-18(3,5-13)11-19/h12-14H,4-11H2,1-3H3,(H,21,22)/t12-,13?,14-,17?,18?,19?/m1/s1. The Morgan fingerprint density at radius 1 is 1.00 bits per heavy atom. The van der Waals surface area contributed by atoms with Crippen molar-refractivity contribution in [1.29, 1.82) is 0 Å². The molecule has 1 amide bonds.